The SMILES string of the molecule is COCc1nc(C(=O)OCC(=O)c2ccc3c(c2)NC(=O)CO3)cs1. The smallest absolute Gasteiger partial charge is 0.358 e. The molecule has 8 nitrogen and oxygen atoms in total. The molecular weight excluding hydrogens is 348 g/mol. The Hall–Kier alpha value is -2.78. The van der Waals surface area contributed by atoms with E-state index in [2.05, 4.69) is 10.3 Å². The Morgan fingerprint density at radius 2 is 2.24 bits per heavy atom. The summed E-state index contributed by atoms with van der Waals surface area (Å²) in [6.45, 7) is -0.181. The Morgan fingerprint density at radius 1 is 1.40 bits per heavy atom. The number of ketones is 1. The number of aromatic nitrogens is 1. The van der Waals surface area contributed by atoms with Crippen molar-refractivity contribution in [2.24, 2.45) is 0 Å². The summed E-state index contributed by atoms with van der Waals surface area (Å²) in [5, 5.41) is 4.81. The zero-order valence-corrected chi connectivity index (χ0v) is 14.1. The maximum absolute atomic E-state index is 12.2. The van der Waals surface area contributed by atoms with Gasteiger partial charge < -0.3 is 19.5 Å². The molecular formula is C16H14N2O6S. The highest BCUT2D eigenvalue weighted by Gasteiger charge is 2.19. The van der Waals surface area contributed by atoms with Gasteiger partial charge in [-0.3, -0.25) is 9.59 Å². The van der Waals surface area contributed by atoms with E-state index in [4.69, 9.17) is 14.2 Å². The average molecular weight is 362 g/mol. The van der Waals surface area contributed by atoms with Crippen LogP contribution in [0.25, 0.3) is 0 Å². The molecule has 25 heavy (non-hydrogen) atoms. The van der Waals surface area contributed by atoms with Gasteiger partial charge in [0.05, 0.1) is 12.3 Å². The largest absolute Gasteiger partial charge is 0.482 e. The van der Waals surface area contributed by atoms with Gasteiger partial charge in [-0.1, -0.05) is 0 Å². The van der Waals surface area contributed by atoms with Crippen LogP contribution >= 0.6 is 11.3 Å². The van der Waals surface area contributed by atoms with Crippen LogP contribution in [-0.4, -0.2) is 43.0 Å². The van der Waals surface area contributed by atoms with Crippen LogP contribution in [0.1, 0.15) is 25.9 Å². The number of Topliss-reactive ketones (excluding diaryl/α,β-unsaturated/α-hetero) is 1. The van der Waals surface area contributed by atoms with Gasteiger partial charge >= 0.3 is 5.97 Å². The summed E-state index contributed by atoms with van der Waals surface area (Å²) in [5.41, 5.74) is 0.851. The second-order valence-electron chi connectivity index (χ2n) is 5.11. The first-order valence-electron chi connectivity index (χ1n) is 7.27. The standard InChI is InChI=1S/C16H14N2O6S/c1-22-7-15-18-11(8-25-15)16(21)24-5-12(19)9-2-3-13-10(4-9)17-14(20)6-23-13/h2-4,8H,5-7H2,1H3,(H,17,20). The molecule has 0 bridgehead atoms. The maximum atomic E-state index is 12.2. The van der Waals surface area contributed by atoms with E-state index in [1.165, 1.54) is 24.5 Å². The van der Waals surface area contributed by atoms with Gasteiger partial charge in [0, 0.05) is 18.1 Å². The Kier molecular flexibility index (Phi) is 5.05. The molecule has 1 aromatic carbocycles. The molecule has 9 heteroatoms. The minimum atomic E-state index is -0.679. The average Bonchev–Trinajstić information content (AvgIpc) is 3.07. The molecule has 0 atom stereocenters. The minimum absolute atomic E-state index is 0.0589. The number of amides is 1. The molecule has 0 fully saturated rings. The van der Waals surface area contributed by atoms with Crippen molar-refractivity contribution in [2.75, 3.05) is 25.6 Å². The van der Waals surface area contributed by atoms with E-state index >= 15 is 0 Å². The first-order chi connectivity index (χ1) is 12.1. The Bertz CT molecular complexity index is 832. The van der Waals surface area contributed by atoms with E-state index in [0.29, 0.717) is 28.6 Å². The maximum Gasteiger partial charge on any atom is 0.358 e. The number of nitrogens with zero attached hydrogens (tertiary/aromatic N) is 1. The van der Waals surface area contributed by atoms with Crippen molar-refractivity contribution in [1.82, 2.24) is 4.98 Å². The van der Waals surface area contributed by atoms with Crippen molar-refractivity contribution in [3.63, 3.8) is 0 Å². The molecule has 1 N–H and O–H groups in total. The number of hydrogen-bond acceptors (Lipinski definition) is 8. The summed E-state index contributed by atoms with van der Waals surface area (Å²) < 4.78 is 15.2. The van der Waals surface area contributed by atoms with Crippen LogP contribution in [-0.2, 0) is 20.9 Å². The molecule has 1 aromatic heterocycles. The van der Waals surface area contributed by atoms with Crippen molar-refractivity contribution < 1.29 is 28.6 Å². The molecule has 0 unspecified atom stereocenters. The molecule has 1 amide bonds. The predicted molar refractivity (Wildman–Crippen MR) is 88.0 cm³/mol. The van der Waals surface area contributed by atoms with E-state index in [-0.39, 0.29) is 18.2 Å². The van der Waals surface area contributed by atoms with Crippen molar-refractivity contribution in [3.8, 4) is 5.75 Å². The summed E-state index contributed by atoms with van der Waals surface area (Å²) in [7, 11) is 1.53. The highest BCUT2D eigenvalue weighted by atomic mass is 32.1. The number of fused-ring (bicyclic) bond motifs is 1. The number of rotatable bonds is 6. The topological polar surface area (TPSA) is 104 Å². The third-order valence-corrected chi connectivity index (χ3v) is 4.12. The molecule has 3 rings (SSSR count). The molecule has 1 aliphatic rings. The predicted octanol–water partition coefficient (Wildman–Crippen LogP) is 1.66. The fourth-order valence-electron chi connectivity index (χ4n) is 2.14. The summed E-state index contributed by atoms with van der Waals surface area (Å²) >= 11 is 1.27. The lowest BCUT2D eigenvalue weighted by atomic mass is 10.1. The lowest BCUT2D eigenvalue weighted by Gasteiger charge is -2.18. The zero-order valence-electron chi connectivity index (χ0n) is 13.2. The van der Waals surface area contributed by atoms with Gasteiger partial charge in [0.15, 0.2) is 24.7 Å². The molecule has 0 saturated carbocycles. The van der Waals surface area contributed by atoms with Crippen molar-refractivity contribution in [2.45, 2.75) is 6.61 Å². The van der Waals surface area contributed by atoms with Crippen LogP contribution in [0.2, 0.25) is 0 Å². The Morgan fingerprint density at radius 3 is 3.04 bits per heavy atom. The number of anilines is 1. The van der Waals surface area contributed by atoms with Crippen LogP contribution in [0.3, 0.4) is 0 Å². The van der Waals surface area contributed by atoms with E-state index in [9.17, 15) is 14.4 Å². The van der Waals surface area contributed by atoms with Gasteiger partial charge in [0.2, 0.25) is 0 Å². The highest BCUT2D eigenvalue weighted by molar-refractivity contribution is 7.09. The highest BCUT2D eigenvalue weighted by Crippen LogP contribution is 2.28. The number of carbonyl (C=O) groups is 3. The molecule has 0 saturated heterocycles. The molecule has 1 aliphatic heterocycles. The van der Waals surface area contributed by atoms with E-state index < -0.39 is 18.4 Å². The molecule has 0 radical (unpaired) electrons. The van der Waals surface area contributed by atoms with Gasteiger partial charge in [0.25, 0.3) is 5.91 Å². The molecule has 0 aliphatic carbocycles. The summed E-state index contributed by atoms with van der Waals surface area (Å²) in [5.74, 6) is -0.884. The third-order valence-electron chi connectivity index (χ3n) is 3.30. The number of methoxy groups -OCH3 is 1. The number of esters is 1. The van der Waals surface area contributed by atoms with Crippen LogP contribution in [0.4, 0.5) is 5.69 Å². The monoisotopic (exact) mass is 362 g/mol. The Labute approximate surface area is 146 Å². The number of nitrogens with one attached hydrogen (secondary N) is 1. The summed E-state index contributed by atoms with van der Waals surface area (Å²) in [6, 6.07) is 4.62. The number of thiazole rings is 1. The van der Waals surface area contributed by atoms with Crippen LogP contribution in [0, 0.1) is 0 Å². The normalized spacial score (nSPS) is 12.8. The van der Waals surface area contributed by atoms with Gasteiger partial charge in [-0.15, -0.1) is 11.3 Å². The number of hydrogen-bond donors (Lipinski definition) is 1. The first-order valence-corrected chi connectivity index (χ1v) is 8.15. The first kappa shape index (κ1) is 17.1. The van der Waals surface area contributed by atoms with E-state index in [1.807, 2.05) is 0 Å². The second kappa shape index (κ2) is 7.41. The quantitative estimate of drug-likeness (QED) is 0.615. The number of carbonyl (C=O) groups excluding carboxylic acids is 3. The number of benzene rings is 1. The van der Waals surface area contributed by atoms with Crippen LogP contribution in [0.5, 0.6) is 5.75 Å². The van der Waals surface area contributed by atoms with Gasteiger partial charge in [-0.05, 0) is 18.2 Å². The minimum Gasteiger partial charge on any atom is -0.482 e. The van der Waals surface area contributed by atoms with Gasteiger partial charge in [0.1, 0.15) is 10.8 Å². The van der Waals surface area contributed by atoms with Crippen molar-refractivity contribution in [3.05, 3.63) is 39.8 Å². The lowest BCUT2D eigenvalue weighted by Crippen LogP contribution is -2.25. The zero-order chi connectivity index (χ0) is 17.8. The fraction of sp³-hybridized carbons (Fsp3) is 0.250. The Balaban J connectivity index is 1.61. The molecule has 2 heterocycles. The van der Waals surface area contributed by atoms with E-state index in [1.54, 1.807) is 17.5 Å². The lowest BCUT2D eigenvalue weighted by molar-refractivity contribution is -0.118. The van der Waals surface area contributed by atoms with Gasteiger partial charge in [-0.2, -0.15) is 0 Å². The second-order valence-corrected chi connectivity index (χ2v) is 6.05. The summed E-state index contributed by atoms with van der Waals surface area (Å²) in [4.78, 5) is 39.5. The fourth-order valence-corrected chi connectivity index (χ4v) is 2.87. The van der Waals surface area contributed by atoms with E-state index in [0.717, 1.165) is 0 Å². The van der Waals surface area contributed by atoms with Crippen molar-refractivity contribution in [1.29, 1.82) is 0 Å². The number of ether oxygens (including phenoxy) is 3. The van der Waals surface area contributed by atoms with Crippen LogP contribution < -0.4 is 10.1 Å². The third kappa shape index (κ3) is 4.01. The molecule has 0 spiro atoms. The van der Waals surface area contributed by atoms with Gasteiger partial charge in [-0.25, -0.2) is 9.78 Å². The molecule has 130 valence electrons. The van der Waals surface area contributed by atoms with Crippen LogP contribution in [0.15, 0.2) is 23.6 Å². The molecule has 2 aromatic rings. The summed E-state index contributed by atoms with van der Waals surface area (Å²) in [6.07, 6.45) is 0. The van der Waals surface area contributed by atoms with Crippen molar-refractivity contribution >= 4 is 34.7 Å².